The van der Waals surface area contributed by atoms with Crippen LogP contribution in [0.4, 0.5) is 0 Å². The fourth-order valence-electron chi connectivity index (χ4n) is 2.59. The Bertz CT molecular complexity index is 602. The lowest BCUT2D eigenvalue weighted by molar-refractivity contribution is 0.611. The molecule has 0 bridgehead atoms. The highest BCUT2D eigenvalue weighted by molar-refractivity contribution is 5.41. The van der Waals surface area contributed by atoms with Crippen LogP contribution in [-0.2, 0) is 0 Å². The van der Waals surface area contributed by atoms with Crippen LogP contribution in [-0.4, -0.2) is 11.5 Å². The third-order valence-corrected chi connectivity index (χ3v) is 3.83. The number of hydrogen-bond donors (Lipinski definition) is 1. The summed E-state index contributed by atoms with van der Waals surface area (Å²) in [5, 5.41) is 3.57. The zero-order chi connectivity index (χ0) is 14.7. The molecule has 1 aromatic heterocycles. The molecular formula is C18H24N2. The van der Waals surface area contributed by atoms with E-state index in [1.807, 2.05) is 12.3 Å². The summed E-state index contributed by atoms with van der Waals surface area (Å²) in [5.74, 6) is 0. The summed E-state index contributed by atoms with van der Waals surface area (Å²) in [6, 6.07) is 8.94. The third kappa shape index (κ3) is 3.07. The standard InChI is InChI=1S/C18H24N2/c1-6-19-18(17-9-12(2)7-8-20-17)16-11-14(4)13(3)10-15(16)5/h7-11,18-19H,6H2,1-5H3. The van der Waals surface area contributed by atoms with Crippen LogP contribution >= 0.6 is 0 Å². The Morgan fingerprint density at radius 1 is 1.00 bits per heavy atom. The largest absolute Gasteiger partial charge is 0.305 e. The van der Waals surface area contributed by atoms with Crippen molar-refractivity contribution in [3.8, 4) is 0 Å². The van der Waals surface area contributed by atoms with Gasteiger partial charge in [-0.05, 0) is 74.2 Å². The minimum Gasteiger partial charge on any atom is -0.305 e. The molecule has 0 fully saturated rings. The summed E-state index contributed by atoms with van der Waals surface area (Å²) in [4.78, 5) is 4.57. The Hall–Kier alpha value is -1.67. The maximum absolute atomic E-state index is 4.57. The van der Waals surface area contributed by atoms with Gasteiger partial charge in [0.1, 0.15) is 0 Å². The van der Waals surface area contributed by atoms with Crippen LogP contribution < -0.4 is 5.32 Å². The molecule has 2 nitrogen and oxygen atoms in total. The van der Waals surface area contributed by atoms with Gasteiger partial charge in [0.2, 0.25) is 0 Å². The van der Waals surface area contributed by atoms with E-state index in [-0.39, 0.29) is 6.04 Å². The lowest BCUT2D eigenvalue weighted by Crippen LogP contribution is -2.24. The quantitative estimate of drug-likeness (QED) is 0.906. The number of hydrogen-bond acceptors (Lipinski definition) is 2. The van der Waals surface area contributed by atoms with Gasteiger partial charge in [-0.15, -0.1) is 0 Å². The Morgan fingerprint density at radius 2 is 1.70 bits per heavy atom. The second-order valence-electron chi connectivity index (χ2n) is 5.54. The Labute approximate surface area is 122 Å². The molecule has 0 amide bonds. The lowest BCUT2D eigenvalue weighted by Gasteiger charge is -2.21. The first-order valence-electron chi connectivity index (χ1n) is 7.26. The number of nitrogens with one attached hydrogen (secondary N) is 1. The molecule has 0 radical (unpaired) electrons. The zero-order valence-corrected chi connectivity index (χ0v) is 13.1. The van der Waals surface area contributed by atoms with E-state index in [9.17, 15) is 0 Å². The molecule has 1 atom stereocenters. The van der Waals surface area contributed by atoms with E-state index >= 15 is 0 Å². The normalized spacial score (nSPS) is 12.4. The SMILES string of the molecule is CCNC(c1cc(C)ccn1)c1cc(C)c(C)cc1C. The molecule has 0 spiro atoms. The predicted molar refractivity (Wildman–Crippen MR) is 85.1 cm³/mol. The monoisotopic (exact) mass is 268 g/mol. The van der Waals surface area contributed by atoms with Gasteiger partial charge in [0.25, 0.3) is 0 Å². The number of benzene rings is 1. The predicted octanol–water partition coefficient (Wildman–Crippen LogP) is 4.01. The summed E-state index contributed by atoms with van der Waals surface area (Å²) in [5.41, 5.74) is 7.67. The molecule has 0 aliphatic heterocycles. The van der Waals surface area contributed by atoms with Crippen LogP contribution in [0.1, 0.15) is 46.5 Å². The van der Waals surface area contributed by atoms with Crippen LogP contribution in [0, 0.1) is 27.7 Å². The number of pyridine rings is 1. The van der Waals surface area contributed by atoms with Crippen molar-refractivity contribution in [3.63, 3.8) is 0 Å². The molecule has 1 N–H and O–H groups in total. The summed E-state index contributed by atoms with van der Waals surface area (Å²) >= 11 is 0. The van der Waals surface area contributed by atoms with Gasteiger partial charge in [-0.1, -0.05) is 19.1 Å². The Balaban J connectivity index is 2.51. The fraction of sp³-hybridized carbons (Fsp3) is 0.389. The minimum atomic E-state index is 0.166. The smallest absolute Gasteiger partial charge is 0.0754 e. The van der Waals surface area contributed by atoms with E-state index < -0.39 is 0 Å². The number of aryl methyl sites for hydroxylation is 4. The van der Waals surface area contributed by atoms with Gasteiger partial charge in [0.05, 0.1) is 11.7 Å². The van der Waals surface area contributed by atoms with Crippen molar-refractivity contribution in [1.29, 1.82) is 0 Å². The van der Waals surface area contributed by atoms with Crippen LogP contribution in [0.25, 0.3) is 0 Å². The van der Waals surface area contributed by atoms with Crippen molar-refractivity contribution in [3.05, 3.63) is 64.0 Å². The first-order chi connectivity index (χ1) is 9.52. The fourth-order valence-corrected chi connectivity index (χ4v) is 2.59. The van der Waals surface area contributed by atoms with Crippen molar-refractivity contribution < 1.29 is 0 Å². The van der Waals surface area contributed by atoms with Crippen LogP contribution in [0.2, 0.25) is 0 Å². The zero-order valence-electron chi connectivity index (χ0n) is 13.1. The second kappa shape index (κ2) is 6.19. The highest BCUT2D eigenvalue weighted by atomic mass is 14.9. The molecule has 0 aliphatic carbocycles. The molecular weight excluding hydrogens is 244 g/mol. The molecule has 0 saturated carbocycles. The Kier molecular flexibility index (Phi) is 4.56. The highest BCUT2D eigenvalue weighted by Gasteiger charge is 2.17. The maximum atomic E-state index is 4.57. The van der Waals surface area contributed by atoms with Crippen molar-refractivity contribution in [2.45, 2.75) is 40.7 Å². The number of nitrogens with zero attached hydrogens (tertiary/aromatic N) is 1. The van der Waals surface area contributed by atoms with Gasteiger partial charge >= 0.3 is 0 Å². The maximum Gasteiger partial charge on any atom is 0.0754 e. The molecule has 0 aliphatic rings. The first kappa shape index (κ1) is 14.7. The van der Waals surface area contributed by atoms with Crippen LogP contribution in [0.15, 0.2) is 30.5 Å². The van der Waals surface area contributed by atoms with E-state index in [0.29, 0.717) is 0 Å². The van der Waals surface area contributed by atoms with Gasteiger partial charge in [-0.2, -0.15) is 0 Å². The van der Waals surface area contributed by atoms with Crippen molar-refractivity contribution in [2.24, 2.45) is 0 Å². The molecule has 2 rings (SSSR count). The van der Waals surface area contributed by atoms with Crippen LogP contribution in [0.3, 0.4) is 0 Å². The van der Waals surface area contributed by atoms with E-state index in [0.717, 1.165) is 12.2 Å². The number of rotatable bonds is 4. The molecule has 2 aromatic rings. The molecule has 1 heterocycles. The van der Waals surface area contributed by atoms with Gasteiger partial charge in [-0.25, -0.2) is 0 Å². The summed E-state index contributed by atoms with van der Waals surface area (Å²) < 4.78 is 0. The van der Waals surface area contributed by atoms with E-state index in [2.05, 4.69) is 63.1 Å². The average molecular weight is 268 g/mol. The van der Waals surface area contributed by atoms with Crippen molar-refractivity contribution in [2.75, 3.05) is 6.54 Å². The molecule has 0 saturated heterocycles. The van der Waals surface area contributed by atoms with Crippen molar-refractivity contribution >= 4 is 0 Å². The van der Waals surface area contributed by atoms with E-state index in [1.54, 1.807) is 0 Å². The minimum absolute atomic E-state index is 0.166. The summed E-state index contributed by atoms with van der Waals surface area (Å²) in [6.45, 7) is 11.7. The average Bonchev–Trinajstić information content (AvgIpc) is 2.40. The Morgan fingerprint density at radius 3 is 2.35 bits per heavy atom. The van der Waals surface area contributed by atoms with Gasteiger partial charge in [0, 0.05) is 6.20 Å². The first-order valence-corrected chi connectivity index (χ1v) is 7.26. The molecule has 1 unspecified atom stereocenters. The second-order valence-corrected chi connectivity index (χ2v) is 5.54. The highest BCUT2D eigenvalue weighted by Crippen LogP contribution is 2.26. The van der Waals surface area contributed by atoms with Gasteiger partial charge < -0.3 is 5.32 Å². The van der Waals surface area contributed by atoms with Gasteiger partial charge in [-0.3, -0.25) is 4.98 Å². The molecule has 106 valence electrons. The molecule has 20 heavy (non-hydrogen) atoms. The van der Waals surface area contributed by atoms with Crippen molar-refractivity contribution in [1.82, 2.24) is 10.3 Å². The number of aromatic nitrogens is 1. The third-order valence-electron chi connectivity index (χ3n) is 3.83. The van der Waals surface area contributed by atoms with Gasteiger partial charge in [0.15, 0.2) is 0 Å². The molecule has 2 heteroatoms. The summed E-state index contributed by atoms with van der Waals surface area (Å²) in [6.07, 6.45) is 1.89. The van der Waals surface area contributed by atoms with E-state index in [4.69, 9.17) is 0 Å². The summed E-state index contributed by atoms with van der Waals surface area (Å²) in [7, 11) is 0. The van der Waals surface area contributed by atoms with E-state index in [1.165, 1.54) is 27.8 Å². The molecule has 1 aromatic carbocycles. The van der Waals surface area contributed by atoms with Crippen LogP contribution in [0.5, 0.6) is 0 Å². The topological polar surface area (TPSA) is 24.9 Å². The lowest BCUT2D eigenvalue weighted by atomic mass is 9.93.